The van der Waals surface area contributed by atoms with Crippen molar-refractivity contribution in [3.8, 4) is 5.75 Å². The minimum atomic E-state index is -0.688. The number of aryl methyl sites for hydroxylation is 1. The maximum absolute atomic E-state index is 12.6. The van der Waals surface area contributed by atoms with Crippen molar-refractivity contribution in [3.63, 3.8) is 0 Å². The van der Waals surface area contributed by atoms with Crippen LogP contribution in [0.15, 0.2) is 42.5 Å². The molecule has 0 radical (unpaired) electrons. The SMILES string of the molecule is Cc1cccc(OC(C)C(=O)Nc2ccc(Cl)c(C(=O)NC3CCCCC3)c2)c1. The molecule has 2 aromatic carbocycles. The van der Waals surface area contributed by atoms with E-state index in [0.29, 0.717) is 22.0 Å². The maximum Gasteiger partial charge on any atom is 0.265 e. The van der Waals surface area contributed by atoms with Gasteiger partial charge in [0.1, 0.15) is 5.75 Å². The first-order valence-corrected chi connectivity index (χ1v) is 10.4. The highest BCUT2D eigenvalue weighted by Crippen LogP contribution is 2.23. The number of hydrogen-bond acceptors (Lipinski definition) is 3. The Kier molecular flexibility index (Phi) is 7.15. The fourth-order valence-electron chi connectivity index (χ4n) is 3.48. The van der Waals surface area contributed by atoms with E-state index in [0.717, 1.165) is 31.2 Å². The van der Waals surface area contributed by atoms with Crippen molar-refractivity contribution in [2.45, 2.75) is 58.1 Å². The van der Waals surface area contributed by atoms with E-state index in [1.54, 1.807) is 25.1 Å². The van der Waals surface area contributed by atoms with Crippen molar-refractivity contribution in [3.05, 3.63) is 58.6 Å². The molecule has 5 nitrogen and oxygen atoms in total. The number of ether oxygens (including phenoxy) is 1. The Hall–Kier alpha value is -2.53. The number of carbonyl (C=O) groups excluding carboxylic acids is 2. The third-order valence-electron chi connectivity index (χ3n) is 5.09. The molecule has 1 fully saturated rings. The van der Waals surface area contributed by atoms with Crippen LogP contribution in [0, 0.1) is 6.92 Å². The lowest BCUT2D eigenvalue weighted by molar-refractivity contribution is -0.122. The topological polar surface area (TPSA) is 67.4 Å². The van der Waals surface area contributed by atoms with Gasteiger partial charge < -0.3 is 15.4 Å². The van der Waals surface area contributed by atoms with E-state index in [-0.39, 0.29) is 17.9 Å². The number of anilines is 1. The lowest BCUT2D eigenvalue weighted by atomic mass is 9.95. The summed E-state index contributed by atoms with van der Waals surface area (Å²) in [4.78, 5) is 25.2. The molecule has 0 heterocycles. The molecule has 29 heavy (non-hydrogen) atoms. The second-order valence-electron chi connectivity index (χ2n) is 7.57. The molecule has 2 aromatic rings. The zero-order valence-electron chi connectivity index (χ0n) is 16.8. The summed E-state index contributed by atoms with van der Waals surface area (Å²) in [5.74, 6) is 0.130. The summed E-state index contributed by atoms with van der Waals surface area (Å²) in [6.07, 6.45) is 4.78. The summed E-state index contributed by atoms with van der Waals surface area (Å²) >= 11 is 6.23. The summed E-state index contributed by atoms with van der Waals surface area (Å²) in [6.45, 7) is 3.65. The quantitative estimate of drug-likeness (QED) is 0.689. The number of benzene rings is 2. The summed E-state index contributed by atoms with van der Waals surface area (Å²) in [5.41, 5.74) is 1.93. The van der Waals surface area contributed by atoms with Crippen molar-refractivity contribution < 1.29 is 14.3 Å². The normalized spacial score (nSPS) is 15.4. The predicted octanol–water partition coefficient (Wildman–Crippen LogP) is 5.12. The molecule has 1 saturated carbocycles. The second-order valence-corrected chi connectivity index (χ2v) is 7.98. The number of amides is 2. The number of rotatable bonds is 6. The molecule has 2 N–H and O–H groups in total. The van der Waals surface area contributed by atoms with Crippen molar-refractivity contribution >= 4 is 29.1 Å². The van der Waals surface area contributed by atoms with Crippen molar-refractivity contribution in [1.82, 2.24) is 5.32 Å². The van der Waals surface area contributed by atoms with Gasteiger partial charge in [0.2, 0.25) is 0 Å². The molecular formula is C23H27ClN2O3. The number of hydrogen-bond donors (Lipinski definition) is 2. The maximum atomic E-state index is 12.6. The highest BCUT2D eigenvalue weighted by Gasteiger charge is 2.20. The Labute approximate surface area is 176 Å². The monoisotopic (exact) mass is 414 g/mol. The van der Waals surface area contributed by atoms with Gasteiger partial charge in [-0.2, -0.15) is 0 Å². The molecule has 1 unspecified atom stereocenters. The lowest BCUT2D eigenvalue weighted by Gasteiger charge is -2.23. The number of carbonyl (C=O) groups is 2. The Bertz CT molecular complexity index is 878. The molecule has 0 aromatic heterocycles. The van der Waals surface area contributed by atoms with Crippen LogP contribution in [0.2, 0.25) is 5.02 Å². The van der Waals surface area contributed by atoms with E-state index in [1.165, 1.54) is 6.42 Å². The second kappa shape index (κ2) is 9.79. The Morgan fingerprint density at radius 1 is 1.10 bits per heavy atom. The van der Waals surface area contributed by atoms with Crippen LogP contribution < -0.4 is 15.4 Å². The molecule has 6 heteroatoms. The number of halogens is 1. The van der Waals surface area contributed by atoms with Gasteiger partial charge >= 0.3 is 0 Å². The standard InChI is InChI=1S/C23H27ClN2O3/c1-15-7-6-10-19(13-15)29-16(2)22(27)26-18-11-12-21(24)20(14-18)23(28)25-17-8-4-3-5-9-17/h6-7,10-14,16-17H,3-5,8-9H2,1-2H3,(H,25,28)(H,26,27). The van der Waals surface area contributed by atoms with E-state index in [9.17, 15) is 9.59 Å². The van der Waals surface area contributed by atoms with Gasteiger partial charge in [-0.1, -0.05) is 43.0 Å². The van der Waals surface area contributed by atoms with Gasteiger partial charge in [-0.05, 0) is 62.6 Å². The summed E-state index contributed by atoms with van der Waals surface area (Å²) in [6, 6.07) is 12.6. The molecule has 1 aliphatic carbocycles. The largest absolute Gasteiger partial charge is 0.481 e. The van der Waals surface area contributed by atoms with Crippen LogP contribution in [0.25, 0.3) is 0 Å². The minimum absolute atomic E-state index is 0.188. The molecule has 154 valence electrons. The summed E-state index contributed by atoms with van der Waals surface area (Å²) in [7, 11) is 0. The van der Waals surface area contributed by atoms with E-state index >= 15 is 0 Å². The molecule has 0 bridgehead atoms. The van der Waals surface area contributed by atoms with Crippen LogP contribution in [0.1, 0.15) is 54.9 Å². The van der Waals surface area contributed by atoms with Crippen LogP contribution in [0.5, 0.6) is 5.75 Å². The Morgan fingerprint density at radius 3 is 2.59 bits per heavy atom. The molecule has 0 spiro atoms. The third kappa shape index (κ3) is 5.97. The van der Waals surface area contributed by atoms with Gasteiger partial charge in [0.05, 0.1) is 10.6 Å². The van der Waals surface area contributed by atoms with Gasteiger partial charge in [0, 0.05) is 11.7 Å². The van der Waals surface area contributed by atoms with Gasteiger partial charge in [-0.3, -0.25) is 9.59 Å². The van der Waals surface area contributed by atoms with Crippen LogP contribution in [0.3, 0.4) is 0 Å². The first kappa shape index (κ1) is 21.2. The molecule has 2 amide bonds. The summed E-state index contributed by atoms with van der Waals surface area (Å²) < 4.78 is 5.71. The average Bonchev–Trinajstić information content (AvgIpc) is 2.70. The van der Waals surface area contributed by atoms with Gasteiger partial charge in [-0.25, -0.2) is 0 Å². The molecule has 0 saturated heterocycles. The van der Waals surface area contributed by atoms with Crippen LogP contribution >= 0.6 is 11.6 Å². The summed E-state index contributed by atoms with van der Waals surface area (Å²) in [5, 5.41) is 6.22. The van der Waals surface area contributed by atoms with Gasteiger partial charge in [0.15, 0.2) is 6.10 Å². The van der Waals surface area contributed by atoms with E-state index < -0.39 is 6.10 Å². The van der Waals surface area contributed by atoms with Gasteiger partial charge in [-0.15, -0.1) is 0 Å². The Morgan fingerprint density at radius 2 is 1.86 bits per heavy atom. The highest BCUT2D eigenvalue weighted by atomic mass is 35.5. The van der Waals surface area contributed by atoms with Gasteiger partial charge in [0.25, 0.3) is 11.8 Å². The van der Waals surface area contributed by atoms with Crippen molar-refractivity contribution in [2.75, 3.05) is 5.32 Å². The average molecular weight is 415 g/mol. The van der Waals surface area contributed by atoms with Crippen LogP contribution in [-0.4, -0.2) is 24.0 Å². The molecule has 0 aliphatic heterocycles. The first-order chi connectivity index (χ1) is 13.9. The smallest absolute Gasteiger partial charge is 0.265 e. The highest BCUT2D eigenvalue weighted by molar-refractivity contribution is 6.34. The first-order valence-electron chi connectivity index (χ1n) is 10.1. The zero-order chi connectivity index (χ0) is 20.8. The predicted molar refractivity (Wildman–Crippen MR) is 116 cm³/mol. The third-order valence-corrected chi connectivity index (χ3v) is 5.42. The van der Waals surface area contributed by atoms with Crippen molar-refractivity contribution in [2.24, 2.45) is 0 Å². The fourth-order valence-corrected chi connectivity index (χ4v) is 3.68. The van der Waals surface area contributed by atoms with E-state index in [4.69, 9.17) is 16.3 Å². The van der Waals surface area contributed by atoms with Crippen LogP contribution in [0.4, 0.5) is 5.69 Å². The molecule has 3 rings (SSSR count). The molecule has 1 aliphatic rings. The Balaban J connectivity index is 1.63. The lowest BCUT2D eigenvalue weighted by Crippen LogP contribution is -2.36. The van der Waals surface area contributed by atoms with E-state index in [2.05, 4.69) is 10.6 Å². The van der Waals surface area contributed by atoms with Crippen molar-refractivity contribution in [1.29, 1.82) is 0 Å². The zero-order valence-corrected chi connectivity index (χ0v) is 17.6. The number of nitrogens with one attached hydrogen (secondary N) is 2. The minimum Gasteiger partial charge on any atom is -0.481 e. The van der Waals surface area contributed by atoms with Crippen LogP contribution in [-0.2, 0) is 4.79 Å². The fraction of sp³-hybridized carbons (Fsp3) is 0.391. The molecular weight excluding hydrogens is 388 g/mol. The molecule has 1 atom stereocenters. The van der Waals surface area contributed by atoms with E-state index in [1.807, 2.05) is 31.2 Å².